The fraction of sp³-hybridized carbons (Fsp3) is 0.182. The van der Waals surface area contributed by atoms with Crippen molar-refractivity contribution in [1.82, 2.24) is 14.8 Å². The molecule has 0 spiro atoms. The van der Waals surface area contributed by atoms with Crippen LogP contribution in [0.25, 0.3) is 5.82 Å². The second kappa shape index (κ2) is 4.59. The lowest BCUT2D eigenvalue weighted by Gasteiger charge is -2.04. The largest absolute Gasteiger partial charge is 0.481 e. The molecule has 0 aliphatic carbocycles. The maximum atomic E-state index is 10.1. The first-order valence-corrected chi connectivity index (χ1v) is 4.89. The molecule has 0 aliphatic heterocycles. The summed E-state index contributed by atoms with van der Waals surface area (Å²) in [7, 11) is 1.57. The van der Waals surface area contributed by atoms with E-state index in [1.165, 1.54) is 12.3 Å². The Balaban J connectivity index is 2.42. The molecule has 0 aliphatic rings. The number of rotatable bonds is 3. The highest BCUT2D eigenvalue weighted by atomic mass is 16.5. The van der Waals surface area contributed by atoms with Gasteiger partial charge in [-0.2, -0.15) is 14.8 Å². The molecule has 0 radical (unpaired) electrons. The number of hydrogen-bond acceptors (Lipinski definition) is 5. The van der Waals surface area contributed by atoms with Crippen LogP contribution in [0.15, 0.2) is 29.4 Å². The molecule has 6 nitrogen and oxygen atoms in total. The third-order valence-corrected chi connectivity index (χ3v) is 2.13. The van der Waals surface area contributed by atoms with E-state index in [2.05, 4.69) is 15.1 Å². The Bertz CT molecular complexity index is 568. The van der Waals surface area contributed by atoms with Gasteiger partial charge >= 0.3 is 0 Å². The van der Waals surface area contributed by atoms with Crippen LogP contribution < -0.4 is 4.74 Å². The number of ether oxygens (including phenoxy) is 1. The van der Waals surface area contributed by atoms with Crippen molar-refractivity contribution in [3.63, 3.8) is 0 Å². The first-order valence-electron chi connectivity index (χ1n) is 4.89. The Labute approximate surface area is 97.6 Å². The lowest BCUT2D eigenvalue weighted by Crippen LogP contribution is -2.01. The van der Waals surface area contributed by atoms with Crippen molar-refractivity contribution in [2.45, 2.75) is 6.92 Å². The van der Waals surface area contributed by atoms with Crippen LogP contribution in [0.1, 0.15) is 5.69 Å². The van der Waals surface area contributed by atoms with Crippen LogP contribution in [-0.4, -0.2) is 28.0 Å². The zero-order valence-electron chi connectivity index (χ0n) is 9.41. The SMILES string of the molecule is COc1cc(C)nn1-c1ccc(N=C=O)cn1. The summed E-state index contributed by atoms with van der Waals surface area (Å²) in [6.45, 7) is 1.87. The first kappa shape index (κ1) is 11.0. The van der Waals surface area contributed by atoms with E-state index < -0.39 is 0 Å². The van der Waals surface area contributed by atoms with Crippen LogP contribution in [0.3, 0.4) is 0 Å². The molecule has 0 bridgehead atoms. The highest BCUT2D eigenvalue weighted by Gasteiger charge is 2.08. The highest BCUT2D eigenvalue weighted by molar-refractivity contribution is 5.48. The van der Waals surface area contributed by atoms with Crippen molar-refractivity contribution in [2.24, 2.45) is 4.99 Å². The van der Waals surface area contributed by atoms with Gasteiger partial charge in [-0.3, -0.25) is 0 Å². The maximum Gasteiger partial charge on any atom is 0.240 e. The summed E-state index contributed by atoms with van der Waals surface area (Å²) in [6.07, 6.45) is 2.93. The number of nitrogens with zero attached hydrogens (tertiary/aromatic N) is 4. The number of methoxy groups -OCH3 is 1. The highest BCUT2D eigenvalue weighted by Crippen LogP contribution is 2.18. The Hall–Kier alpha value is -2.46. The molecule has 0 saturated heterocycles. The fourth-order valence-corrected chi connectivity index (χ4v) is 1.41. The topological polar surface area (TPSA) is 69.4 Å². The summed E-state index contributed by atoms with van der Waals surface area (Å²) in [5.74, 6) is 1.20. The molecule has 6 heteroatoms. The van der Waals surface area contributed by atoms with E-state index >= 15 is 0 Å². The van der Waals surface area contributed by atoms with Crippen molar-refractivity contribution < 1.29 is 9.53 Å². The predicted molar refractivity (Wildman–Crippen MR) is 60.4 cm³/mol. The van der Waals surface area contributed by atoms with Gasteiger partial charge in [0.25, 0.3) is 0 Å². The number of aromatic nitrogens is 3. The monoisotopic (exact) mass is 230 g/mol. The zero-order valence-corrected chi connectivity index (χ0v) is 9.41. The van der Waals surface area contributed by atoms with E-state index in [-0.39, 0.29) is 0 Å². The van der Waals surface area contributed by atoms with E-state index in [1.54, 1.807) is 30.0 Å². The molecule has 0 aromatic carbocycles. The molecular weight excluding hydrogens is 220 g/mol. The molecule has 0 amide bonds. The van der Waals surface area contributed by atoms with Gasteiger partial charge < -0.3 is 4.74 Å². The number of aryl methyl sites for hydroxylation is 1. The number of isocyanates is 1. The molecule has 2 heterocycles. The second-order valence-electron chi connectivity index (χ2n) is 3.32. The second-order valence-corrected chi connectivity index (χ2v) is 3.32. The summed E-state index contributed by atoms with van der Waals surface area (Å²) in [4.78, 5) is 17.7. The average Bonchev–Trinajstić information content (AvgIpc) is 2.72. The number of aliphatic imine (C=N–C) groups is 1. The van der Waals surface area contributed by atoms with Gasteiger partial charge in [0.05, 0.1) is 24.7 Å². The molecule has 0 unspecified atom stereocenters. The molecule has 2 aromatic rings. The van der Waals surface area contributed by atoms with Crippen LogP contribution in [0, 0.1) is 6.92 Å². The van der Waals surface area contributed by atoms with Gasteiger partial charge in [0.2, 0.25) is 12.0 Å². The normalized spacial score (nSPS) is 9.76. The van der Waals surface area contributed by atoms with E-state index in [9.17, 15) is 4.79 Å². The molecule has 86 valence electrons. The fourth-order valence-electron chi connectivity index (χ4n) is 1.41. The van der Waals surface area contributed by atoms with Crippen LogP contribution >= 0.6 is 0 Å². The lowest BCUT2D eigenvalue weighted by molar-refractivity contribution is 0.382. The van der Waals surface area contributed by atoms with Crippen molar-refractivity contribution in [2.75, 3.05) is 7.11 Å². The van der Waals surface area contributed by atoms with Gasteiger partial charge in [-0.05, 0) is 19.1 Å². The first-order chi connectivity index (χ1) is 8.24. The maximum absolute atomic E-state index is 10.1. The summed E-state index contributed by atoms with van der Waals surface area (Å²) < 4.78 is 6.75. The average molecular weight is 230 g/mol. The van der Waals surface area contributed by atoms with Crippen LogP contribution in [0.2, 0.25) is 0 Å². The predicted octanol–water partition coefficient (Wildman–Crippen LogP) is 1.55. The van der Waals surface area contributed by atoms with Gasteiger partial charge in [0.15, 0.2) is 5.82 Å². The molecule has 0 fully saturated rings. The minimum absolute atomic E-state index is 0.451. The van der Waals surface area contributed by atoms with Crippen LogP contribution in [-0.2, 0) is 4.79 Å². The molecule has 0 N–H and O–H groups in total. The van der Waals surface area contributed by atoms with Gasteiger partial charge in [-0.25, -0.2) is 9.78 Å². The Morgan fingerprint density at radius 2 is 2.29 bits per heavy atom. The summed E-state index contributed by atoms with van der Waals surface area (Å²) in [5, 5.41) is 4.25. The number of carbonyl (C=O) groups excluding carboxylic acids is 1. The molecule has 0 saturated carbocycles. The number of hydrogen-bond donors (Lipinski definition) is 0. The van der Waals surface area contributed by atoms with Crippen LogP contribution in [0.4, 0.5) is 5.69 Å². The van der Waals surface area contributed by atoms with E-state index in [4.69, 9.17) is 4.74 Å². The summed E-state index contributed by atoms with van der Waals surface area (Å²) in [5.41, 5.74) is 1.28. The third-order valence-electron chi connectivity index (χ3n) is 2.13. The quantitative estimate of drug-likeness (QED) is 0.592. The summed E-state index contributed by atoms with van der Waals surface area (Å²) >= 11 is 0. The minimum atomic E-state index is 0.451. The zero-order chi connectivity index (χ0) is 12.3. The van der Waals surface area contributed by atoms with E-state index in [0.717, 1.165) is 5.69 Å². The number of pyridine rings is 1. The van der Waals surface area contributed by atoms with Gasteiger partial charge in [0, 0.05) is 6.07 Å². The third kappa shape index (κ3) is 2.21. The Morgan fingerprint density at radius 1 is 1.47 bits per heavy atom. The molecule has 2 aromatic heterocycles. The van der Waals surface area contributed by atoms with E-state index in [0.29, 0.717) is 17.4 Å². The van der Waals surface area contributed by atoms with Gasteiger partial charge in [-0.1, -0.05) is 0 Å². The minimum Gasteiger partial charge on any atom is -0.481 e. The van der Waals surface area contributed by atoms with Crippen molar-refractivity contribution >= 4 is 11.8 Å². The van der Waals surface area contributed by atoms with E-state index in [1.807, 2.05) is 6.92 Å². The van der Waals surface area contributed by atoms with Crippen LogP contribution in [0.5, 0.6) is 5.88 Å². The van der Waals surface area contributed by atoms with Crippen molar-refractivity contribution in [1.29, 1.82) is 0 Å². The Kier molecular flexibility index (Phi) is 2.98. The van der Waals surface area contributed by atoms with Crippen molar-refractivity contribution in [3.8, 4) is 11.7 Å². The molecule has 17 heavy (non-hydrogen) atoms. The summed E-state index contributed by atoms with van der Waals surface area (Å²) in [6, 6.07) is 5.16. The van der Waals surface area contributed by atoms with Crippen molar-refractivity contribution in [3.05, 3.63) is 30.1 Å². The smallest absolute Gasteiger partial charge is 0.240 e. The molecule has 0 atom stereocenters. The molecule has 2 rings (SSSR count). The lowest BCUT2D eigenvalue weighted by atomic mass is 10.4. The molecular formula is C11H10N4O2. The Morgan fingerprint density at radius 3 is 2.88 bits per heavy atom. The van der Waals surface area contributed by atoms with Gasteiger partial charge in [-0.15, -0.1) is 0 Å². The van der Waals surface area contributed by atoms with Gasteiger partial charge in [0.1, 0.15) is 0 Å². The standard InChI is InChI=1S/C11H10N4O2/c1-8-5-11(17-2)15(14-8)10-4-3-9(6-12-10)13-7-16/h3-6H,1-2H3.